The summed E-state index contributed by atoms with van der Waals surface area (Å²) in [5, 5.41) is 28.7. The van der Waals surface area contributed by atoms with Crippen LogP contribution in [0.4, 0.5) is 0 Å². The highest BCUT2D eigenvalue weighted by molar-refractivity contribution is 4.92. The van der Waals surface area contributed by atoms with E-state index >= 15 is 0 Å². The molecule has 1 aromatic heterocycles. The molecule has 106 valence electrons. The second-order valence-electron chi connectivity index (χ2n) is 4.61. The predicted octanol–water partition coefficient (Wildman–Crippen LogP) is -2.22. The minimum Gasteiger partial charge on any atom is -0.394 e. The van der Waals surface area contributed by atoms with Crippen molar-refractivity contribution in [3.63, 3.8) is 0 Å². The summed E-state index contributed by atoms with van der Waals surface area (Å²) in [7, 11) is 0. The average Bonchev–Trinajstić information content (AvgIpc) is 2.38. The normalized spacial score (nSPS) is 35.3. The monoisotopic (exact) mass is 272 g/mol. The Morgan fingerprint density at radius 2 is 2.05 bits per heavy atom. The van der Waals surface area contributed by atoms with Crippen molar-refractivity contribution in [2.75, 3.05) is 6.61 Å². The second-order valence-corrected chi connectivity index (χ2v) is 4.61. The molecule has 5 atom stereocenters. The van der Waals surface area contributed by atoms with Gasteiger partial charge in [0.15, 0.2) is 0 Å². The number of aliphatic hydroxyl groups excluding tert-OH is 3. The summed E-state index contributed by atoms with van der Waals surface area (Å²) in [5.74, 6) is -0.582. The number of aromatic nitrogens is 2. The molecular weight excluding hydrogens is 256 g/mol. The lowest BCUT2D eigenvalue weighted by atomic mass is 9.91. The minimum atomic E-state index is -1.23. The zero-order valence-corrected chi connectivity index (χ0v) is 10.3. The first-order valence-corrected chi connectivity index (χ1v) is 5.89. The van der Waals surface area contributed by atoms with Gasteiger partial charge >= 0.3 is 5.69 Å². The van der Waals surface area contributed by atoms with Gasteiger partial charge in [0.2, 0.25) is 0 Å². The number of hydrogen-bond acceptors (Lipinski definition) is 6. The van der Waals surface area contributed by atoms with Gasteiger partial charge in [-0.3, -0.25) is 14.3 Å². The fourth-order valence-electron chi connectivity index (χ4n) is 2.18. The molecule has 8 heteroatoms. The molecule has 1 fully saturated rings. The standard InChI is InChI=1S/C11H16N2O6/c1-5-8(16)9(17)6(4-14)19-10(5)13-3-2-7(15)12-11(13)18/h2-3,5-6,8-10,14,16-17H,4H2,1H3,(H,12,15,18)/t5-,6+,8+,9-,10+/m0/s1. The van der Waals surface area contributed by atoms with Crippen LogP contribution in [0.25, 0.3) is 0 Å². The maximum Gasteiger partial charge on any atom is 0.330 e. The smallest absolute Gasteiger partial charge is 0.330 e. The van der Waals surface area contributed by atoms with Crippen LogP contribution < -0.4 is 11.2 Å². The zero-order valence-electron chi connectivity index (χ0n) is 10.3. The number of aliphatic hydroxyl groups is 3. The van der Waals surface area contributed by atoms with E-state index in [0.29, 0.717) is 0 Å². The Bertz CT molecular complexity index is 551. The molecule has 19 heavy (non-hydrogen) atoms. The van der Waals surface area contributed by atoms with Crippen molar-refractivity contribution < 1.29 is 20.1 Å². The lowest BCUT2D eigenvalue weighted by Gasteiger charge is -2.41. The number of H-pyrrole nitrogens is 1. The van der Waals surface area contributed by atoms with E-state index < -0.39 is 48.3 Å². The molecular formula is C11H16N2O6. The van der Waals surface area contributed by atoms with Crippen LogP contribution in [0.5, 0.6) is 0 Å². The molecule has 0 spiro atoms. The first-order chi connectivity index (χ1) is 8.95. The molecule has 1 aliphatic rings. The van der Waals surface area contributed by atoms with Crippen molar-refractivity contribution in [3.05, 3.63) is 33.1 Å². The summed E-state index contributed by atoms with van der Waals surface area (Å²) in [6.45, 7) is 1.11. The van der Waals surface area contributed by atoms with Crippen molar-refractivity contribution in [2.24, 2.45) is 5.92 Å². The third-order valence-corrected chi connectivity index (χ3v) is 3.34. The SMILES string of the molecule is C[C@H]1[C@@H](O)[C@@H](O)[C@@H](CO)O[C@H]1n1ccc(=O)[nH]c1=O. The number of ether oxygens (including phenoxy) is 1. The number of aromatic amines is 1. The Hall–Kier alpha value is -1.48. The van der Waals surface area contributed by atoms with Crippen molar-refractivity contribution in [2.45, 2.75) is 31.5 Å². The number of nitrogens with one attached hydrogen (secondary N) is 1. The van der Waals surface area contributed by atoms with Gasteiger partial charge in [0.25, 0.3) is 5.56 Å². The second kappa shape index (κ2) is 5.25. The summed E-state index contributed by atoms with van der Waals surface area (Å²) in [5.41, 5.74) is -1.21. The lowest BCUT2D eigenvalue weighted by Crippen LogP contribution is -2.54. The molecule has 0 bridgehead atoms. The molecule has 1 saturated heterocycles. The molecule has 0 unspecified atom stereocenters. The Morgan fingerprint density at radius 1 is 1.37 bits per heavy atom. The predicted molar refractivity (Wildman–Crippen MR) is 63.5 cm³/mol. The Kier molecular flexibility index (Phi) is 3.85. The average molecular weight is 272 g/mol. The van der Waals surface area contributed by atoms with Gasteiger partial charge in [-0.15, -0.1) is 0 Å². The third-order valence-electron chi connectivity index (χ3n) is 3.34. The molecule has 0 amide bonds. The van der Waals surface area contributed by atoms with Gasteiger partial charge in [-0.25, -0.2) is 4.79 Å². The van der Waals surface area contributed by atoms with Gasteiger partial charge in [-0.05, 0) is 0 Å². The van der Waals surface area contributed by atoms with Crippen molar-refractivity contribution >= 4 is 0 Å². The van der Waals surface area contributed by atoms with E-state index in [9.17, 15) is 19.8 Å². The summed E-state index contributed by atoms with van der Waals surface area (Å²) in [4.78, 5) is 24.8. The number of hydrogen-bond donors (Lipinski definition) is 4. The van der Waals surface area contributed by atoms with E-state index in [0.717, 1.165) is 10.6 Å². The quantitative estimate of drug-likeness (QED) is 0.483. The van der Waals surface area contributed by atoms with Crippen LogP contribution >= 0.6 is 0 Å². The van der Waals surface area contributed by atoms with Crippen LogP contribution in [0.15, 0.2) is 21.9 Å². The molecule has 1 aliphatic heterocycles. The zero-order chi connectivity index (χ0) is 14.2. The van der Waals surface area contributed by atoms with Crippen LogP contribution in [-0.4, -0.2) is 49.8 Å². The molecule has 0 radical (unpaired) electrons. The molecule has 0 aromatic carbocycles. The van der Waals surface area contributed by atoms with E-state index in [1.807, 2.05) is 0 Å². The van der Waals surface area contributed by atoms with Gasteiger partial charge in [-0.1, -0.05) is 6.92 Å². The van der Waals surface area contributed by atoms with Gasteiger partial charge in [0, 0.05) is 18.2 Å². The maximum absolute atomic E-state index is 11.7. The first kappa shape index (κ1) is 13.9. The maximum atomic E-state index is 11.7. The highest BCUT2D eigenvalue weighted by Gasteiger charge is 2.42. The topological polar surface area (TPSA) is 125 Å². The third kappa shape index (κ3) is 2.47. The van der Waals surface area contributed by atoms with Gasteiger partial charge in [0.1, 0.15) is 18.4 Å². The summed E-state index contributed by atoms with van der Waals surface area (Å²) >= 11 is 0. The molecule has 4 N–H and O–H groups in total. The molecule has 1 aromatic rings. The van der Waals surface area contributed by atoms with Crippen LogP contribution in [0.1, 0.15) is 13.2 Å². The van der Waals surface area contributed by atoms with Crippen molar-refractivity contribution in [1.82, 2.24) is 9.55 Å². The minimum absolute atomic E-state index is 0.487. The van der Waals surface area contributed by atoms with E-state index in [2.05, 4.69) is 4.98 Å². The molecule has 0 aliphatic carbocycles. The number of rotatable bonds is 2. The fourth-order valence-corrected chi connectivity index (χ4v) is 2.18. The Balaban J connectivity index is 2.38. The van der Waals surface area contributed by atoms with Gasteiger partial charge in [-0.2, -0.15) is 0 Å². The summed E-state index contributed by atoms with van der Waals surface area (Å²) in [6, 6.07) is 1.16. The van der Waals surface area contributed by atoms with Crippen LogP contribution in [-0.2, 0) is 4.74 Å². The molecule has 0 saturated carbocycles. The van der Waals surface area contributed by atoms with Crippen molar-refractivity contribution in [1.29, 1.82) is 0 Å². The van der Waals surface area contributed by atoms with E-state index in [4.69, 9.17) is 9.84 Å². The largest absolute Gasteiger partial charge is 0.394 e. The van der Waals surface area contributed by atoms with E-state index in [1.165, 1.54) is 6.20 Å². The fraction of sp³-hybridized carbons (Fsp3) is 0.636. The van der Waals surface area contributed by atoms with E-state index in [-0.39, 0.29) is 0 Å². The van der Waals surface area contributed by atoms with Crippen LogP contribution in [0, 0.1) is 5.92 Å². The van der Waals surface area contributed by atoms with Crippen LogP contribution in [0.3, 0.4) is 0 Å². The summed E-state index contributed by atoms with van der Waals surface area (Å²) in [6.07, 6.45) is -2.99. The Morgan fingerprint density at radius 3 is 2.63 bits per heavy atom. The van der Waals surface area contributed by atoms with Crippen LogP contribution in [0.2, 0.25) is 0 Å². The summed E-state index contributed by atoms with van der Waals surface area (Å²) < 4.78 is 6.53. The number of nitrogens with zero attached hydrogens (tertiary/aromatic N) is 1. The molecule has 8 nitrogen and oxygen atoms in total. The Labute approximate surface area is 107 Å². The highest BCUT2D eigenvalue weighted by atomic mass is 16.5. The molecule has 2 rings (SSSR count). The van der Waals surface area contributed by atoms with Crippen molar-refractivity contribution in [3.8, 4) is 0 Å². The lowest BCUT2D eigenvalue weighted by molar-refractivity contribution is -0.229. The van der Waals surface area contributed by atoms with Gasteiger partial charge in [0.05, 0.1) is 12.7 Å². The molecule has 2 heterocycles. The highest BCUT2D eigenvalue weighted by Crippen LogP contribution is 2.31. The van der Waals surface area contributed by atoms with E-state index in [1.54, 1.807) is 6.92 Å². The first-order valence-electron chi connectivity index (χ1n) is 5.89. The van der Waals surface area contributed by atoms with Gasteiger partial charge < -0.3 is 20.1 Å².